The number of benzene rings is 1. The molecule has 0 saturated heterocycles. The van der Waals surface area contributed by atoms with E-state index in [0.717, 1.165) is 5.56 Å². The van der Waals surface area contributed by atoms with E-state index in [2.05, 4.69) is 15.5 Å². The molecular formula is C18H21N3O4. The fourth-order valence-corrected chi connectivity index (χ4v) is 3.18. The van der Waals surface area contributed by atoms with Crippen molar-refractivity contribution in [2.45, 2.75) is 26.7 Å². The third kappa shape index (κ3) is 3.26. The molecule has 1 aliphatic carbocycles. The maximum Gasteiger partial charge on any atom is 0.307 e. The van der Waals surface area contributed by atoms with Crippen LogP contribution in [-0.4, -0.2) is 33.7 Å². The smallest absolute Gasteiger partial charge is 0.307 e. The zero-order valence-electron chi connectivity index (χ0n) is 14.4. The molecule has 3 atom stereocenters. The average molecular weight is 343 g/mol. The third-order valence-electron chi connectivity index (χ3n) is 4.85. The molecule has 0 bridgehead atoms. The minimum Gasteiger partial charge on any atom is -0.481 e. The number of hydrogen-bond donors (Lipinski definition) is 2. The van der Waals surface area contributed by atoms with E-state index in [1.165, 1.54) is 0 Å². The van der Waals surface area contributed by atoms with Gasteiger partial charge in [0, 0.05) is 12.1 Å². The van der Waals surface area contributed by atoms with Gasteiger partial charge in [-0.1, -0.05) is 56.3 Å². The Morgan fingerprint density at radius 2 is 1.96 bits per heavy atom. The molecular weight excluding hydrogens is 322 g/mol. The second-order valence-electron chi connectivity index (χ2n) is 7.08. The number of aliphatic carboxylic acids is 1. The van der Waals surface area contributed by atoms with Gasteiger partial charge in [0.25, 0.3) is 0 Å². The molecule has 1 aromatic heterocycles. The van der Waals surface area contributed by atoms with E-state index in [9.17, 15) is 9.59 Å². The summed E-state index contributed by atoms with van der Waals surface area (Å²) >= 11 is 0. The van der Waals surface area contributed by atoms with E-state index >= 15 is 0 Å². The Bertz CT molecular complexity index is 785. The number of carbonyl (C=O) groups is 2. The number of amides is 1. The van der Waals surface area contributed by atoms with Gasteiger partial charge in [0.05, 0.1) is 17.8 Å². The van der Waals surface area contributed by atoms with Gasteiger partial charge in [-0.15, -0.1) is 0 Å². The van der Waals surface area contributed by atoms with Crippen LogP contribution in [0.15, 0.2) is 34.9 Å². The first-order valence-corrected chi connectivity index (χ1v) is 8.22. The summed E-state index contributed by atoms with van der Waals surface area (Å²) in [5.41, 5.74) is 0.349. The number of carboxylic acid groups (broad SMARTS) is 1. The Morgan fingerprint density at radius 1 is 1.28 bits per heavy atom. The van der Waals surface area contributed by atoms with Crippen molar-refractivity contribution in [3.63, 3.8) is 0 Å². The molecule has 0 aliphatic heterocycles. The summed E-state index contributed by atoms with van der Waals surface area (Å²) < 4.78 is 5.28. The van der Waals surface area contributed by atoms with Crippen LogP contribution in [0.3, 0.4) is 0 Å². The van der Waals surface area contributed by atoms with Crippen molar-refractivity contribution in [2.24, 2.45) is 17.3 Å². The maximum absolute atomic E-state index is 12.3. The standard InChI is InChI=1S/C18H21N3O4/c1-10(9-19-15(22)12-13(17(23)24)18(12,2)3)16-20-14(21-25-16)11-7-5-4-6-8-11/h4-8,10,12-13H,9H2,1-3H3,(H,19,22)(H,23,24)/t10?,12-,13+/m0/s1. The van der Waals surface area contributed by atoms with Gasteiger partial charge in [0.1, 0.15) is 0 Å². The molecule has 1 unspecified atom stereocenters. The second kappa shape index (κ2) is 6.31. The lowest BCUT2D eigenvalue weighted by molar-refractivity contribution is -0.140. The van der Waals surface area contributed by atoms with Gasteiger partial charge < -0.3 is 14.9 Å². The van der Waals surface area contributed by atoms with Gasteiger partial charge in [0.15, 0.2) is 0 Å². The number of nitrogens with one attached hydrogen (secondary N) is 1. The third-order valence-corrected chi connectivity index (χ3v) is 4.85. The summed E-state index contributed by atoms with van der Waals surface area (Å²) in [6, 6.07) is 9.48. The Morgan fingerprint density at radius 3 is 2.56 bits per heavy atom. The molecule has 1 aliphatic rings. The first-order valence-electron chi connectivity index (χ1n) is 8.22. The van der Waals surface area contributed by atoms with E-state index in [-0.39, 0.29) is 11.8 Å². The fraction of sp³-hybridized carbons (Fsp3) is 0.444. The number of aromatic nitrogens is 2. The highest BCUT2D eigenvalue weighted by atomic mass is 16.5. The van der Waals surface area contributed by atoms with Crippen molar-refractivity contribution < 1.29 is 19.2 Å². The molecule has 1 fully saturated rings. The lowest BCUT2D eigenvalue weighted by Crippen LogP contribution is -2.30. The topological polar surface area (TPSA) is 105 Å². The first kappa shape index (κ1) is 17.1. The molecule has 7 heteroatoms. The van der Waals surface area contributed by atoms with Crippen LogP contribution in [-0.2, 0) is 9.59 Å². The van der Waals surface area contributed by atoms with Gasteiger partial charge in [-0.2, -0.15) is 4.98 Å². The minimum absolute atomic E-state index is 0.168. The van der Waals surface area contributed by atoms with Crippen LogP contribution in [0.1, 0.15) is 32.6 Å². The summed E-state index contributed by atoms with van der Waals surface area (Å²) in [5, 5.41) is 15.9. The largest absolute Gasteiger partial charge is 0.481 e. The first-order chi connectivity index (χ1) is 11.8. The second-order valence-corrected chi connectivity index (χ2v) is 7.08. The molecule has 1 saturated carbocycles. The Balaban J connectivity index is 1.59. The summed E-state index contributed by atoms with van der Waals surface area (Å²) in [6.45, 7) is 5.77. The molecule has 7 nitrogen and oxygen atoms in total. The van der Waals surface area contributed by atoms with Gasteiger partial charge in [0.2, 0.25) is 17.6 Å². The van der Waals surface area contributed by atoms with E-state index in [1.54, 1.807) is 13.8 Å². The monoisotopic (exact) mass is 343 g/mol. The normalized spacial score (nSPS) is 22.2. The maximum atomic E-state index is 12.3. The quantitative estimate of drug-likeness (QED) is 0.834. The molecule has 0 radical (unpaired) electrons. The van der Waals surface area contributed by atoms with Gasteiger partial charge in [-0.25, -0.2) is 0 Å². The predicted octanol–water partition coefficient (Wildman–Crippen LogP) is 2.31. The van der Waals surface area contributed by atoms with Gasteiger partial charge in [-0.3, -0.25) is 9.59 Å². The summed E-state index contributed by atoms with van der Waals surface area (Å²) in [6.07, 6.45) is 0. The Hall–Kier alpha value is -2.70. The molecule has 0 spiro atoms. The molecule has 1 amide bonds. The van der Waals surface area contributed by atoms with Crippen molar-refractivity contribution in [1.29, 1.82) is 0 Å². The van der Waals surface area contributed by atoms with Crippen molar-refractivity contribution in [3.05, 3.63) is 36.2 Å². The van der Waals surface area contributed by atoms with Crippen LogP contribution >= 0.6 is 0 Å². The van der Waals surface area contributed by atoms with Crippen molar-refractivity contribution >= 4 is 11.9 Å². The number of nitrogens with zero attached hydrogens (tertiary/aromatic N) is 2. The number of hydrogen-bond acceptors (Lipinski definition) is 5. The highest BCUT2D eigenvalue weighted by Gasteiger charge is 2.65. The zero-order valence-corrected chi connectivity index (χ0v) is 14.4. The van der Waals surface area contributed by atoms with Crippen LogP contribution in [0.4, 0.5) is 0 Å². The number of carbonyl (C=O) groups excluding carboxylic acids is 1. The van der Waals surface area contributed by atoms with Crippen molar-refractivity contribution in [2.75, 3.05) is 6.54 Å². The van der Waals surface area contributed by atoms with Crippen LogP contribution < -0.4 is 5.32 Å². The molecule has 1 aromatic carbocycles. The molecule has 132 valence electrons. The Labute approximate surface area is 145 Å². The Kier molecular flexibility index (Phi) is 4.32. The fourth-order valence-electron chi connectivity index (χ4n) is 3.18. The van der Waals surface area contributed by atoms with E-state index in [1.807, 2.05) is 37.3 Å². The van der Waals surface area contributed by atoms with Crippen LogP contribution in [0.25, 0.3) is 11.4 Å². The van der Waals surface area contributed by atoms with Gasteiger partial charge >= 0.3 is 5.97 Å². The summed E-state index contributed by atoms with van der Waals surface area (Å²) in [5.74, 6) is -1.53. The number of rotatable bonds is 6. The van der Waals surface area contributed by atoms with Crippen LogP contribution in [0.2, 0.25) is 0 Å². The van der Waals surface area contributed by atoms with Crippen LogP contribution in [0.5, 0.6) is 0 Å². The highest BCUT2D eigenvalue weighted by Crippen LogP contribution is 2.58. The number of carboxylic acids is 1. The molecule has 1 heterocycles. The molecule has 2 N–H and O–H groups in total. The molecule has 25 heavy (non-hydrogen) atoms. The molecule has 2 aromatic rings. The predicted molar refractivity (Wildman–Crippen MR) is 89.6 cm³/mol. The summed E-state index contributed by atoms with van der Waals surface area (Å²) in [4.78, 5) is 27.8. The SMILES string of the molecule is CC(CNC(=O)[C@@H]1[C@H](C(=O)O)C1(C)C)c1nc(-c2ccccc2)no1. The van der Waals surface area contributed by atoms with Crippen molar-refractivity contribution in [3.8, 4) is 11.4 Å². The highest BCUT2D eigenvalue weighted by molar-refractivity contribution is 5.91. The minimum atomic E-state index is -0.928. The van der Waals surface area contributed by atoms with E-state index in [4.69, 9.17) is 9.63 Å². The van der Waals surface area contributed by atoms with Crippen LogP contribution in [0, 0.1) is 17.3 Å². The van der Waals surface area contributed by atoms with E-state index < -0.39 is 23.2 Å². The summed E-state index contributed by atoms with van der Waals surface area (Å²) in [7, 11) is 0. The molecule has 3 rings (SSSR count). The van der Waals surface area contributed by atoms with E-state index in [0.29, 0.717) is 18.3 Å². The lowest BCUT2D eigenvalue weighted by Gasteiger charge is -2.09. The van der Waals surface area contributed by atoms with Gasteiger partial charge in [-0.05, 0) is 5.41 Å². The van der Waals surface area contributed by atoms with Crippen molar-refractivity contribution in [1.82, 2.24) is 15.5 Å². The average Bonchev–Trinajstić information content (AvgIpc) is 2.95. The lowest BCUT2D eigenvalue weighted by atomic mass is 10.1. The zero-order chi connectivity index (χ0) is 18.2.